The van der Waals surface area contributed by atoms with Crippen molar-refractivity contribution in [2.75, 3.05) is 13.2 Å². The van der Waals surface area contributed by atoms with Crippen LogP contribution in [0.1, 0.15) is 338 Å². The number of hydrogen-bond donors (Lipinski definition) is 3. The van der Waals surface area contributed by atoms with Crippen LogP contribution >= 0.6 is 0 Å². The average molecular weight is 1130 g/mol. The van der Waals surface area contributed by atoms with E-state index >= 15 is 0 Å². The van der Waals surface area contributed by atoms with Crippen LogP contribution in [0, 0.1) is 0 Å². The van der Waals surface area contributed by atoms with Crippen LogP contribution in [-0.4, -0.2) is 52.5 Å². The minimum absolute atomic E-state index is 0.0343. The Bertz CT molecular complexity index is 1960. The minimum Gasteiger partial charge on any atom is -0.507 e. The molecule has 0 aliphatic rings. The molecule has 9 heteroatoms. The molecule has 0 fully saturated rings. The number of aromatic hydroxyl groups is 3. The van der Waals surface area contributed by atoms with Gasteiger partial charge in [-0.2, -0.15) is 0 Å². The molecule has 0 aromatic heterocycles. The highest BCUT2D eigenvalue weighted by atomic mass is 16.6. The lowest BCUT2D eigenvalue weighted by Gasteiger charge is -2.19. The molecule has 458 valence electrons. The average Bonchev–Trinajstić information content (AvgIpc) is 3.47. The molecule has 0 aliphatic heterocycles. The van der Waals surface area contributed by atoms with E-state index in [0.717, 1.165) is 74.5 Å². The molecule has 3 aromatic carbocycles. The van der Waals surface area contributed by atoms with Gasteiger partial charge in [0.1, 0.15) is 47.2 Å². The SMILES string of the molecule is CCCCCCCCCCCCCCCCc1ccc(C(=O)OCC(COC(=O)c2ccc(CCCCCCCCCCCCCCCC)cc2O)OC(=O)c2ccc(CCCCCCCCCCCCCCCC)cc2O)c(O)c1. The van der Waals surface area contributed by atoms with Gasteiger partial charge in [0.2, 0.25) is 0 Å². The molecule has 3 N–H and O–H groups in total. The number of ether oxygens (including phenoxy) is 3. The second-order valence-corrected chi connectivity index (χ2v) is 23.8. The fourth-order valence-electron chi connectivity index (χ4n) is 11.1. The Morgan fingerprint density at radius 2 is 0.519 bits per heavy atom. The van der Waals surface area contributed by atoms with Gasteiger partial charge in [-0.1, -0.05) is 289 Å². The van der Waals surface area contributed by atoms with Gasteiger partial charge in [-0.15, -0.1) is 0 Å². The summed E-state index contributed by atoms with van der Waals surface area (Å²) in [4.78, 5) is 40.5. The van der Waals surface area contributed by atoms with Gasteiger partial charge in [0.25, 0.3) is 0 Å². The fourth-order valence-corrected chi connectivity index (χ4v) is 11.1. The van der Waals surface area contributed by atoms with Gasteiger partial charge in [-0.3, -0.25) is 0 Å². The molecule has 0 heterocycles. The van der Waals surface area contributed by atoms with E-state index < -0.39 is 37.2 Å². The summed E-state index contributed by atoms with van der Waals surface area (Å²) in [7, 11) is 0. The summed E-state index contributed by atoms with van der Waals surface area (Å²) >= 11 is 0. The number of benzene rings is 3. The molecule has 0 aliphatic carbocycles. The fraction of sp³-hybridized carbons (Fsp3) is 0.708. The Hall–Kier alpha value is -4.53. The smallest absolute Gasteiger partial charge is 0.342 e. The number of unbranched alkanes of at least 4 members (excludes halogenated alkanes) is 39. The van der Waals surface area contributed by atoms with Crippen LogP contribution in [0.3, 0.4) is 0 Å². The largest absolute Gasteiger partial charge is 0.507 e. The first kappa shape index (κ1) is 70.7. The van der Waals surface area contributed by atoms with Gasteiger partial charge in [0.05, 0.1) is 0 Å². The van der Waals surface area contributed by atoms with Crippen molar-refractivity contribution in [3.05, 3.63) is 88.0 Å². The molecule has 3 rings (SSSR count). The van der Waals surface area contributed by atoms with Gasteiger partial charge in [-0.25, -0.2) is 14.4 Å². The summed E-state index contributed by atoms with van der Waals surface area (Å²) in [5.41, 5.74) is 2.64. The van der Waals surface area contributed by atoms with Gasteiger partial charge in [-0.05, 0) is 91.6 Å². The number of hydrogen-bond acceptors (Lipinski definition) is 9. The van der Waals surface area contributed by atoms with Gasteiger partial charge < -0.3 is 29.5 Å². The predicted molar refractivity (Wildman–Crippen MR) is 336 cm³/mol. The van der Waals surface area contributed by atoms with Crippen molar-refractivity contribution in [2.24, 2.45) is 0 Å². The molecule has 81 heavy (non-hydrogen) atoms. The first-order valence-corrected chi connectivity index (χ1v) is 33.7. The second kappa shape index (κ2) is 47.9. The van der Waals surface area contributed by atoms with Crippen molar-refractivity contribution in [2.45, 2.75) is 316 Å². The zero-order valence-electron chi connectivity index (χ0n) is 51.8. The van der Waals surface area contributed by atoms with E-state index in [9.17, 15) is 29.7 Å². The van der Waals surface area contributed by atoms with Crippen molar-refractivity contribution >= 4 is 17.9 Å². The first-order valence-electron chi connectivity index (χ1n) is 33.7. The Labute approximate surface area is 493 Å². The number of rotatable bonds is 53. The summed E-state index contributed by atoms with van der Waals surface area (Å²) < 4.78 is 17.0. The standard InChI is InChI=1S/C72H116O9/c1-4-7-10-13-16-19-22-25-28-31-34-37-40-43-46-60-49-52-64(67(73)55-60)70(76)79-58-63(81-72(78)66-54-51-62(57-69(66)75)48-45-42-39-36-33-30-27-24-21-18-15-12-9-6-3)59-80-71(77)65-53-50-61(56-68(65)74)47-44-41-38-35-32-29-26-23-20-17-14-11-8-5-2/h49-57,63,73-75H,4-48,58-59H2,1-3H3. The maximum absolute atomic E-state index is 13.6. The van der Waals surface area contributed by atoms with Crippen LogP contribution < -0.4 is 0 Å². The molecular weight excluding hydrogens is 1010 g/mol. The molecule has 0 radical (unpaired) electrons. The molecule has 0 atom stereocenters. The van der Waals surface area contributed by atoms with E-state index in [1.807, 2.05) is 18.2 Å². The third-order valence-electron chi connectivity index (χ3n) is 16.4. The molecule has 0 saturated carbocycles. The van der Waals surface area contributed by atoms with Crippen LogP contribution in [-0.2, 0) is 33.5 Å². The van der Waals surface area contributed by atoms with Crippen molar-refractivity contribution < 1.29 is 43.9 Å². The predicted octanol–water partition coefficient (Wildman–Crippen LogP) is 21.1. The summed E-state index contributed by atoms with van der Waals surface area (Å²) in [6.07, 6.45) is 54.9. The molecule has 0 bridgehead atoms. The normalized spacial score (nSPS) is 11.4. The lowest BCUT2D eigenvalue weighted by atomic mass is 10.0. The second-order valence-electron chi connectivity index (χ2n) is 23.8. The van der Waals surface area contributed by atoms with Crippen molar-refractivity contribution in [3.63, 3.8) is 0 Å². The van der Waals surface area contributed by atoms with Gasteiger partial charge >= 0.3 is 17.9 Å². The zero-order valence-corrected chi connectivity index (χ0v) is 51.8. The summed E-state index contributed by atoms with van der Waals surface area (Å²) in [6.45, 7) is 5.79. The quantitative estimate of drug-likeness (QED) is 0.0286. The Kier molecular flexibility index (Phi) is 41.8. The van der Waals surface area contributed by atoms with Crippen LogP contribution in [0.25, 0.3) is 0 Å². The highest BCUT2D eigenvalue weighted by Crippen LogP contribution is 2.27. The lowest BCUT2D eigenvalue weighted by Crippen LogP contribution is -2.31. The maximum atomic E-state index is 13.6. The lowest BCUT2D eigenvalue weighted by molar-refractivity contribution is -0.0256. The van der Waals surface area contributed by atoms with E-state index in [-0.39, 0.29) is 33.9 Å². The van der Waals surface area contributed by atoms with Crippen LogP contribution in [0.15, 0.2) is 54.6 Å². The topological polar surface area (TPSA) is 140 Å². The summed E-state index contributed by atoms with van der Waals surface area (Å²) in [5, 5.41) is 32.9. The Morgan fingerprint density at radius 1 is 0.309 bits per heavy atom. The third kappa shape index (κ3) is 34.6. The van der Waals surface area contributed by atoms with E-state index in [4.69, 9.17) is 14.2 Å². The van der Waals surface area contributed by atoms with Crippen molar-refractivity contribution in [1.82, 2.24) is 0 Å². The number of carbonyl (C=O) groups is 3. The van der Waals surface area contributed by atoms with Crippen molar-refractivity contribution in [3.8, 4) is 17.2 Å². The van der Waals surface area contributed by atoms with E-state index in [1.165, 1.54) is 237 Å². The van der Waals surface area contributed by atoms with Crippen LogP contribution in [0.4, 0.5) is 0 Å². The number of phenolic OH excluding ortho intramolecular Hbond substituents is 3. The molecule has 9 nitrogen and oxygen atoms in total. The molecule has 0 unspecified atom stereocenters. The van der Waals surface area contributed by atoms with Gasteiger partial charge in [0.15, 0.2) is 6.10 Å². The number of carbonyl (C=O) groups excluding carboxylic acids is 3. The Balaban J connectivity index is 1.49. The monoisotopic (exact) mass is 1120 g/mol. The van der Waals surface area contributed by atoms with E-state index in [0.29, 0.717) is 0 Å². The first-order chi connectivity index (χ1) is 39.7. The minimum atomic E-state index is -1.27. The zero-order chi connectivity index (χ0) is 58.2. The van der Waals surface area contributed by atoms with Crippen molar-refractivity contribution in [1.29, 1.82) is 0 Å². The molecule has 0 amide bonds. The summed E-state index contributed by atoms with van der Waals surface area (Å²) in [6, 6.07) is 14.9. The maximum Gasteiger partial charge on any atom is 0.342 e. The highest BCUT2D eigenvalue weighted by Gasteiger charge is 2.25. The molecule has 0 saturated heterocycles. The Morgan fingerprint density at radius 3 is 0.741 bits per heavy atom. The molecule has 3 aromatic rings. The van der Waals surface area contributed by atoms with E-state index in [2.05, 4.69) is 20.8 Å². The molecule has 0 spiro atoms. The molecular formula is C72H116O9. The van der Waals surface area contributed by atoms with E-state index in [1.54, 1.807) is 30.3 Å². The number of esters is 3. The number of phenols is 3. The number of aryl methyl sites for hydroxylation is 3. The third-order valence-corrected chi connectivity index (χ3v) is 16.4. The highest BCUT2D eigenvalue weighted by molar-refractivity contribution is 5.94. The van der Waals surface area contributed by atoms with Crippen LogP contribution in [0.2, 0.25) is 0 Å². The van der Waals surface area contributed by atoms with Crippen LogP contribution in [0.5, 0.6) is 17.2 Å². The van der Waals surface area contributed by atoms with Gasteiger partial charge in [0, 0.05) is 0 Å². The summed E-state index contributed by atoms with van der Waals surface area (Å²) in [5.74, 6) is -3.17.